The molecule has 2 aliphatic rings. The average Bonchev–Trinajstić information content (AvgIpc) is 3.17. The number of hydrogen-bond donors (Lipinski definition) is 1. The standard InChI is InChI=1S/C24H25F3N4O3/c1-14-20(34-15(2)28-14)19-12-31(22(33)29-21(19)32)9-3-8-30-11-18-10-23(18,13-30)16-4-6-17(7-5-16)24(25,26)27/h4-7,12,18H,3,8-11,13H2,1-2H3,(H,29,32,33)/t18-,23+/m0/s1. The van der Waals surface area contributed by atoms with Crippen LogP contribution >= 0.6 is 0 Å². The predicted molar refractivity (Wildman–Crippen MR) is 119 cm³/mol. The Morgan fingerprint density at radius 2 is 1.91 bits per heavy atom. The van der Waals surface area contributed by atoms with Crippen molar-refractivity contribution in [2.24, 2.45) is 5.92 Å². The van der Waals surface area contributed by atoms with Gasteiger partial charge in [0, 0.05) is 38.2 Å². The maximum absolute atomic E-state index is 12.9. The number of nitrogens with one attached hydrogen (secondary N) is 1. The van der Waals surface area contributed by atoms with Crippen LogP contribution in [0.2, 0.25) is 0 Å². The van der Waals surface area contributed by atoms with Gasteiger partial charge in [-0.25, -0.2) is 9.78 Å². The normalized spacial score (nSPS) is 22.2. The van der Waals surface area contributed by atoms with E-state index in [0.717, 1.165) is 31.6 Å². The van der Waals surface area contributed by atoms with E-state index in [1.165, 1.54) is 22.9 Å². The molecule has 2 aromatic heterocycles. The Hall–Kier alpha value is -3.14. The molecule has 1 aliphatic carbocycles. The highest BCUT2D eigenvalue weighted by atomic mass is 19.4. The molecule has 2 fully saturated rings. The summed E-state index contributed by atoms with van der Waals surface area (Å²) in [5.74, 6) is 1.24. The molecule has 1 N–H and O–H groups in total. The lowest BCUT2D eigenvalue weighted by Crippen LogP contribution is -2.32. The smallest absolute Gasteiger partial charge is 0.416 e. The summed E-state index contributed by atoms with van der Waals surface area (Å²) in [6.45, 7) is 6.29. The number of hydrogen-bond acceptors (Lipinski definition) is 5. The van der Waals surface area contributed by atoms with Crippen LogP contribution in [0.3, 0.4) is 0 Å². The van der Waals surface area contributed by atoms with Crippen LogP contribution in [0.4, 0.5) is 13.2 Å². The molecule has 0 bridgehead atoms. The van der Waals surface area contributed by atoms with Crippen molar-refractivity contribution in [2.45, 2.75) is 44.8 Å². The molecule has 180 valence electrons. The molecule has 5 rings (SSSR count). The molecule has 3 heterocycles. The molecular formula is C24H25F3N4O3. The monoisotopic (exact) mass is 474 g/mol. The highest BCUT2D eigenvalue weighted by Crippen LogP contribution is 2.59. The van der Waals surface area contributed by atoms with E-state index in [9.17, 15) is 22.8 Å². The van der Waals surface area contributed by atoms with Gasteiger partial charge >= 0.3 is 11.9 Å². The predicted octanol–water partition coefficient (Wildman–Crippen LogP) is 3.49. The minimum Gasteiger partial charge on any atom is -0.440 e. The fraction of sp³-hybridized carbons (Fsp3) is 0.458. The summed E-state index contributed by atoms with van der Waals surface area (Å²) >= 11 is 0. The molecule has 10 heteroatoms. The summed E-state index contributed by atoms with van der Waals surface area (Å²) in [7, 11) is 0. The number of fused-ring (bicyclic) bond motifs is 1. The second-order valence-corrected chi connectivity index (χ2v) is 9.36. The second kappa shape index (κ2) is 7.97. The largest absolute Gasteiger partial charge is 0.440 e. The summed E-state index contributed by atoms with van der Waals surface area (Å²) in [4.78, 5) is 33.4. The number of halogens is 3. The number of oxazole rings is 1. The number of aryl methyl sites for hydroxylation is 3. The Morgan fingerprint density at radius 1 is 1.18 bits per heavy atom. The van der Waals surface area contributed by atoms with Crippen LogP contribution in [-0.2, 0) is 18.1 Å². The molecule has 1 saturated heterocycles. The van der Waals surface area contributed by atoms with E-state index < -0.39 is 23.0 Å². The SMILES string of the molecule is Cc1nc(C)c(-c2cn(CCCN3C[C@@H]4C[C@]4(c4ccc(C(F)(F)F)cc4)C3)c(=O)[nH]c2=O)o1. The van der Waals surface area contributed by atoms with Gasteiger partial charge in [-0.1, -0.05) is 12.1 Å². The quantitative estimate of drug-likeness (QED) is 0.591. The van der Waals surface area contributed by atoms with Crippen LogP contribution in [0.5, 0.6) is 0 Å². The number of H-pyrrole nitrogens is 1. The summed E-state index contributed by atoms with van der Waals surface area (Å²) in [5, 5.41) is 0. The summed E-state index contributed by atoms with van der Waals surface area (Å²) in [6, 6.07) is 5.56. The molecule has 0 spiro atoms. The third-order valence-electron chi connectivity index (χ3n) is 7.04. The van der Waals surface area contributed by atoms with Crippen molar-refractivity contribution in [1.29, 1.82) is 0 Å². The number of aromatic nitrogens is 3. The summed E-state index contributed by atoms with van der Waals surface area (Å²) in [6.07, 6.45) is -1.13. The number of likely N-dealkylation sites (tertiary alicyclic amines) is 1. The zero-order valence-electron chi connectivity index (χ0n) is 18.9. The zero-order chi connectivity index (χ0) is 24.3. The van der Waals surface area contributed by atoms with Crippen LogP contribution in [0.1, 0.15) is 35.6 Å². The molecule has 3 aromatic rings. The Kier molecular flexibility index (Phi) is 5.31. The Bertz CT molecular complexity index is 1340. The van der Waals surface area contributed by atoms with E-state index in [4.69, 9.17) is 4.42 Å². The summed E-state index contributed by atoms with van der Waals surface area (Å²) in [5.41, 5.74) is 0.132. The maximum atomic E-state index is 12.9. The van der Waals surface area contributed by atoms with Crippen molar-refractivity contribution >= 4 is 0 Å². The van der Waals surface area contributed by atoms with Crippen molar-refractivity contribution in [2.75, 3.05) is 19.6 Å². The topological polar surface area (TPSA) is 84.1 Å². The van der Waals surface area contributed by atoms with Gasteiger partial charge in [-0.15, -0.1) is 0 Å². The van der Waals surface area contributed by atoms with Gasteiger partial charge in [0.25, 0.3) is 5.56 Å². The number of alkyl halides is 3. The minimum atomic E-state index is -4.33. The number of nitrogens with zero attached hydrogens (tertiary/aromatic N) is 3. The van der Waals surface area contributed by atoms with Crippen LogP contribution in [-0.4, -0.2) is 39.1 Å². The van der Waals surface area contributed by atoms with Gasteiger partial charge in [0.15, 0.2) is 11.7 Å². The minimum absolute atomic E-state index is 0.0617. The van der Waals surface area contributed by atoms with Crippen molar-refractivity contribution in [3.63, 3.8) is 0 Å². The van der Waals surface area contributed by atoms with Gasteiger partial charge in [-0.2, -0.15) is 13.2 Å². The Balaban J connectivity index is 1.23. The molecule has 7 nitrogen and oxygen atoms in total. The third-order valence-corrected chi connectivity index (χ3v) is 7.04. The highest BCUT2D eigenvalue weighted by molar-refractivity contribution is 5.57. The molecule has 0 amide bonds. The number of aromatic amines is 1. The first-order valence-electron chi connectivity index (χ1n) is 11.2. The number of piperidine rings is 1. The molecule has 1 saturated carbocycles. The third kappa shape index (κ3) is 4.00. The van der Waals surface area contributed by atoms with Crippen molar-refractivity contribution < 1.29 is 17.6 Å². The van der Waals surface area contributed by atoms with Gasteiger partial charge in [0.2, 0.25) is 0 Å². The maximum Gasteiger partial charge on any atom is 0.416 e. The lowest BCUT2D eigenvalue weighted by Gasteiger charge is -2.21. The van der Waals surface area contributed by atoms with E-state index in [-0.39, 0.29) is 11.0 Å². The van der Waals surface area contributed by atoms with Crippen LogP contribution < -0.4 is 11.2 Å². The van der Waals surface area contributed by atoms with Gasteiger partial charge in [-0.05, 0) is 49.9 Å². The lowest BCUT2D eigenvalue weighted by molar-refractivity contribution is -0.137. The molecule has 2 atom stereocenters. The van der Waals surface area contributed by atoms with Crippen LogP contribution in [0, 0.1) is 19.8 Å². The van der Waals surface area contributed by atoms with Gasteiger partial charge < -0.3 is 9.32 Å². The van der Waals surface area contributed by atoms with Gasteiger partial charge in [0.05, 0.1) is 11.3 Å². The van der Waals surface area contributed by atoms with Crippen molar-refractivity contribution in [3.8, 4) is 11.3 Å². The van der Waals surface area contributed by atoms with Gasteiger partial charge in [-0.3, -0.25) is 14.3 Å². The first-order valence-corrected chi connectivity index (χ1v) is 11.2. The fourth-order valence-electron chi connectivity index (χ4n) is 5.28. The van der Waals surface area contributed by atoms with Gasteiger partial charge in [0.1, 0.15) is 5.56 Å². The van der Waals surface area contributed by atoms with E-state index in [0.29, 0.717) is 36.2 Å². The van der Waals surface area contributed by atoms with Crippen molar-refractivity contribution in [3.05, 3.63) is 74.0 Å². The summed E-state index contributed by atoms with van der Waals surface area (Å²) < 4.78 is 45.6. The number of benzene rings is 1. The van der Waals surface area contributed by atoms with E-state index >= 15 is 0 Å². The first kappa shape index (κ1) is 22.6. The molecule has 1 aliphatic heterocycles. The van der Waals surface area contributed by atoms with Crippen LogP contribution in [0.25, 0.3) is 11.3 Å². The van der Waals surface area contributed by atoms with E-state index in [1.54, 1.807) is 26.0 Å². The van der Waals surface area contributed by atoms with Crippen LogP contribution in [0.15, 0.2) is 44.5 Å². The Labute approximate surface area is 193 Å². The average molecular weight is 474 g/mol. The first-order chi connectivity index (χ1) is 16.1. The van der Waals surface area contributed by atoms with E-state index in [2.05, 4.69) is 14.9 Å². The molecule has 0 unspecified atom stereocenters. The molecular weight excluding hydrogens is 449 g/mol. The number of rotatable bonds is 6. The molecule has 1 aromatic carbocycles. The highest BCUT2D eigenvalue weighted by Gasteiger charge is 2.60. The fourth-order valence-corrected chi connectivity index (χ4v) is 5.28. The second-order valence-electron chi connectivity index (χ2n) is 9.36. The van der Waals surface area contributed by atoms with E-state index in [1.807, 2.05) is 0 Å². The molecule has 0 radical (unpaired) electrons. The Morgan fingerprint density at radius 3 is 2.56 bits per heavy atom. The molecule has 34 heavy (non-hydrogen) atoms. The zero-order valence-corrected chi connectivity index (χ0v) is 18.9. The van der Waals surface area contributed by atoms with Crippen molar-refractivity contribution in [1.82, 2.24) is 19.4 Å². The lowest BCUT2D eigenvalue weighted by atomic mass is 9.94.